The third-order valence-electron chi connectivity index (χ3n) is 4.53. The third kappa shape index (κ3) is 4.16. The van der Waals surface area contributed by atoms with Crippen molar-refractivity contribution < 1.29 is 24.1 Å². The van der Waals surface area contributed by atoms with Crippen LogP contribution in [0.25, 0.3) is 0 Å². The summed E-state index contributed by atoms with van der Waals surface area (Å²) in [5.41, 5.74) is 0. The van der Waals surface area contributed by atoms with Crippen LogP contribution in [-0.4, -0.2) is 58.4 Å². The van der Waals surface area contributed by atoms with Gasteiger partial charge in [0.05, 0.1) is 0 Å². The molecular weight excluding hydrogens is 333 g/mol. The van der Waals surface area contributed by atoms with E-state index in [9.17, 15) is 18.9 Å². The van der Waals surface area contributed by atoms with Gasteiger partial charge in [-0.25, -0.2) is 5.09 Å². The fourth-order valence-electron chi connectivity index (χ4n) is 2.88. The Kier molecular flexibility index (Phi) is 5.71. The maximum Gasteiger partial charge on any atom is 0.325 e. The first kappa shape index (κ1) is 18.9. The first-order valence-electron chi connectivity index (χ1n) is 8.36. The van der Waals surface area contributed by atoms with Crippen LogP contribution in [0.5, 0.6) is 0 Å². The number of hydrogen-bond acceptors (Lipinski definition) is 4. The van der Waals surface area contributed by atoms with E-state index in [0.717, 1.165) is 6.42 Å². The number of likely N-dealkylation sites (tertiary alicyclic amines) is 1. The van der Waals surface area contributed by atoms with Crippen molar-refractivity contribution in [1.29, 1.82) is 0 Å². The summed E-state index contributed by atoms with van der Waals surface area (Å²) in [5.74, 6) is -2.16. The molecule has 3 N–H and O–H groups in total. The molecule has 9 heteroatoms. The lowest BCUT2D eigenvalue weighted by molar-refractivity contribution is -0.143. The maximum atomic E-state index is 12.6. The zero-order valence-corrected chi connectivity index (χ0v) is 15.2. The van der Waals surface area contributed by atoms with E-state index in [-0.39, 0.29) is 5.91 Å². The van der Waals surface area contributed by atoms with Crippen LogP contribution in [0.2, 0.25) is 0 Å². The molecule has 4 atom stereocenters. The minimum Gasteiger partial charge on any atom is -0.480 e. The Morgan fingerprint density at radius 2 is 2.00 bits per heavy atom. The van der Waals surface area contributed by atoms with Crippen molar-refractivity contribution >= 4 is 25.1 Å². The fraction of sp³-hybridized carbons (Fsp3) is 0.800. The van der Waals surface area contributed by atoms with Crippen molar-refractivity contribution in [3.8, 4) is 0 Å². The van der Waals surface area contributed by atoms with E-state index in [0.29, 0.717) is 31.5 Å². The smallest absolute Gasteiger partial charge is 0.325 e. The molecule has 24 heavy (non-hydrogen) atoms. The molecule has 0 aliphatic carbocycles. The van der Waals surface area contributed by atoms with Gasteiger partial charge in [-0.15, -0.1) is 0 Å². The minimum absolute atomic E-state index is 0.303. The Morgan fingerprint density at radius 1 is 1.33 bits per heavy atom. The normalized spacial score (nSPS) is 30.2. The van der Waals surface area contributed by atoms with Crippen molar-refractivity contribution in [1.82, 2.24) is 15.3 Å². The molecule has 2 saturated heterocycles. The van der Waals surface area contributed by atoms with Gasteiger partial charge in [0, 0.05) is 12.7 Å². The molecule has 0 spiro atoms. The first-order chi connectivity index (χ1) is 11.2. The van der Waals surface area contributed by atoms with Crippen LogP contribution in [0, 0.1) is 5.92 Å². The number of carbonyl (C=O) groups is 3. The molecule has 2 unspecified atom stereocenters. The molecule has 2 aliphatic heterocycles. The van der Waals surface area contributed by atoms with Crippen LogP contribution < -0.4 is 10.4 Å². The number of nitrogens with zero attached hydrogens (tertiary/aromatic N) is 1. The summed E-state index contributed by atoms with van der Waals surface area (Å²) in [6.07, 6.45) is 2.44. The van der Waals surface area contributed by atoms with Gasteiger partial charge < -0.3 is 19.9 Å². The number of hydrogen-bond donors (Lipinski definition) is 3. The Morgan fingerprint density at radius 3 is 2.58 bits per heavy atom. The summed E-state index contributed by atoms with van der Waals surface area (Å²) in [7, 11) is -2.66. The van der Waals surface area contributed by atoms with Gasteiger partial charge in [-0.2, -0.15) is 0 Å². The molecular formula is C15H26N3O5P. The first-order valence-corrected chi connectivity index (χ1v) is 10.3. The van der Waals surface area contributed by atoms with Gasteiger partial charge in [-0.1, -0.05) is 13.8 Å². The van der Waals surface area contributed by atoms with Crippen LogP contribution in [0.15, 0.2) is 0 Å². The molecule has 0 aromatic carbocycles. The van der Waals surface area contributed by atoms with E-state index in [1.807, 2.05) is 13.8 Å². The summed E-state index contributed by atoms with van der Waals surface area (Å²) in [5, 5.41) is 14.1. The molecule has 0 bridgehead atoms. The van der Waals surface area contributed by atoms with Crippen molar-refractivity contribution in [2.45, 2.75) is 57.9 Å². The van der Waals surface area contributed by atoms with E-state index in [1.165, 1.54) is 11.8 Å². The molecule has 136 valence electrons. The summed E-state index contributed by atoms with van der Waals surface area (Å²) in [4.78, 5) is 37.1. The second-order valence-electron chi connectivity index (χ2n) is 6.99. The third-order valence-corrected chi connectivity index (χ3v) is 7.05. The predicted octanol–water partition coefficient (Wildman–Crippen LogP) is 0.820. The van der Waals surface area contributed by atoms with Gasteiger partial charge >= 0.3 is 5.97 Å². The fourth-order valence-corrected chi connectivity index (χ4v) is 5.52. The van der Waals surface area contributed by atoms with Crippen molar-refractivity contribution in [3.63, 3.8) is 0 Å². The lowest BCUT2D eigenvalue weighted by atomic mass is 10.2. The van der Waals surface area contributed by atoms with Gasteiger partial charge in [-0.05, 0) is 32.1 Å². The average molecular weight is 359 g/mol. The van der Waals surface area contributed by atoms with Crippen LogP contribution in [0.3, 0.4) is 0 Å². The zero-order valence-electron chi connectivity index (χ0n) is 14.3. The van der Waals surface area contributed by atoms with Crippen LogP contribution in [0.1, 0.15) is 40.0 Å². The highest BCUT2D eigenvalue weighted by atomic mass is 31.2. The molecule has 2 rings (SSSR count). The quantitative estimate of drug-likeness (QED) is 0.456. The lowest BCUT2D eigenvalue weighted by Crippen LogP contribution is -2.51. The highest BCUT2D eigenvalue weighted by molar-refractivity contribution is 7.70. The van der Waals surface area contributed by atoms with Crippen molar-refractivity contribution in [3.05, 3.63) is 0 Å². The molecule has 0 aromatic heterocycles. The molecule has 0 saturated carbocycles. The SMILES string of the molecule is CC(C)CCP1(=O)NC1C(=O)N1CCC[C@H]1C(=O)N[C@@H](C)C(=O)O. The number of carboxylic acid groups (broad SMARTS) is 1. The van der Waals surface area contributed by atoms with Crippen LogP contribution >= 0.6 is 7.29 Å². The standard InChI is InChI=1S/C15H26N3O5P/c1-9(2)6-8-24(23)13(17-24)14(20)18-7-4-5-11(18)12(19)16-10(3)15(21)22/h9-11,13H,4-8H2,1-3H3,(H,16,19)(H,17,23)(H,21,22)/t10-,11-,13?,24?/m0/s1. The van der Waals surface area contributed by atoms with Gasteiger partial charge in [0.2, 0.25) is 11.8 Å². The van der Waals surface area contributed by atoms with Crippen LogP contribution in [0.4, 0.5) is 0 Å². The van der Waals surface area contributed by atoms with E-state index in [4.69, 9.17) is 5.11 Å². The molecule has 0 radical (unpaired) electrons. The number of carbonyl (C=O) groups excluding carboxylic acids is 2. The highest BCUT2D eigenvalue weighted by Gasteiger charge is 2.56. The minimum atomic E-state index is -2.66. The Hall–Kier alpha value is -1.40. The molecule has 2 amide bonds. The Labute approximate surface area is 141 Å². The summed E-state index contributed by atoms with van der Waals surface area (Å²) < 4.78 is 12.6. The topological polar surface area (TPSA) is 126 Å². The maximum absolute atomic E-state index is 12.6. The van der Waals surface area contributed by atoms with Gasteiger partial charge in [-0.3, -0.25) is 14.4 Å². The van der Waals surface area contributed by atoms with Crippen molar-refractivity contribution in [2.24, 2.45) is 5.92 Å². The molecule has 2 heterocycles. The Balaban J connectivity index is 1.96. The van der Waals surface area contributed by atoms with Gasteiger partial charge in [0.15, 0.2) is 13.1 Å². The molecule has 0 aromatic rings. The van der Waals surface area contributed by atoms with E-state index >= 15 is 0 Å². The van der Waals surface area contributed by atoms with Gasteiger partial charge in [0.1, 0.15) is 12.1 Å². The number of aliphatic carboxylic acids is 1. The van der Waals surface area contributed by atoms with E-state index < -0.39 is 37.0 Å². The zero-order chi connectivity index (χ0) is 18.1. The number of amides is 2. The average Bonchev–Trinajstić information content (AvgIpc) is 2.96. The van der Waals surface area contributed by atoms with E-state index in [2.05, 4.69) is 10.4 Å². The monoisotopic (exact) mass is 359 g/mol. The summed E-state index contributed by atoms with van der Waals surface area (Å²) in [6, 6.07) is -1.69. The second-order valence-corrected chi connectivity index (χ2v) is 9.80. The number of nitrogens with one attached hydrogen (secondary N) is 2. The van der Waals surface area contributed by atoms with E-state index in [1.54, 1.807) is 0 Å². The number of rotatable bonds is 7. The van der Waals surface area contributed by atoms with Crippen LogP contribution in [-0.2, 0) is 18.9 Å². The Bertz CT molecular complexity index is 579. The largest absolute Gasteiger partial charge is 0.480 e. The molecule has 2 aliphatic rings. The van der Waals surface area contributed by atoms with Gasteiger partial charge in [0.25, 0.3) is 0 Å². The molecule has 2 fully saturated rings. The summed E-state index contributed by atoms with van der Waals surface area (Å²) in [6.45, 7) is 5.89. The summed E-state index contributed by atoms with van der Waals surface area (Å²) >= 11 is 0. The number of carboxylic acids is 1. The van der Waals surface area contributed by atoms with Crippen molar-refractivity contribution in [2.75, 3.05) is 12.7 Å². The molecule has 8 nitrogen and oxygen atoms in total. The second kappa shape index (κ2) is 7.23. The highest BCUT2D eigenvalue weighted by Crippen LogP contribution is 2.61. The predicted molar refractivity (Wildman–Crippen MR) is 88.8 cm³/mol. The lowest BCUT2D eigenvalue weighted by Gasteiger charge is -2.24.